The van der Waals surface area contributed by atoms with Gasteiger partial charge in [-0.2, -0.15) is 26.3 Å². The topological polar surface area (TPSA) is 21.3 Å². The van der Waals surface area contributed by atoms with Gasteiger partial charge in [0.15, 0.2) is 0 Å². The van der Waals surface area contributed by atoms with E-state index in [0.717, 1.165) is 31.5 Å². The molecule has 1 aromatic rings. The highest BCUT2D eigenvalue weighted by Crippen LogP contribution is 2.38. The number of nitrogens with one attached hydrogen (secondary N) is 1. The molecule has 2 nitrogen and oxygen atoms in total. The fourth-order valence-electron chi connectivity index (χ4n) is 2.92. The molecule has 0 aliphatic carbocycles. The van der Waals surface area contributed by atoms with Gasteiger partial charge in [0.05, 0.1) is 23.8 Å². The zero-order valence-electron chi connectivity index (χ0n) is 14.9. The van der Waals surface area contributed by atoms with Crippen molar-refractivity contribution in [2.45, 2.75) is 57.6 Å². The van der Waals surface area contributed by atoms with Crippen LogP contribution in [0.1, 0.15) is 56.4 Å². The van der Waals surface area contributed by atoms with Crippen molar-refractivity contribution in [3.8, 4) is 0 Å². The predicted octanol–water partition coefficient (Wildman–Crippen LogP) is 5.58. The van der Waals surface area contributed by atoms with Gasteiger partial charge in [-0.3, -0.25) is 0 Å². The molecule has 0 saturated carbocycles. The minimum Gasteiger partial charge on any atom is -0.372 e. The van der Waals surface area contributed by atoms with Crippen LogP contribution in [0.15, 0.2) is 18.2 Å². The quantitative estimate of drug-likeness (QED) is 0.686. The summed E-state index contributed by atoms with van der Waals surface area (Å²) in [5.74, 6) is 0.526. The number of hydrogen-bond donors (Lipinski definition) is 1. The lowest BCUT2D eigenvalue weighted by Crippen LogP contribution is -2.51. The van der Waals surface area contributed by atoms with Gasteiger partial charge in [-0.15, -0.1) is 0 Å². The number of hydrogen-bond acceptors (Lipinski definition) is 2. The third-order valence-corrected chi connectivity index (χ3v) is 4.80. The Balaban J connectivity index is 2.18. The lowest BCUT2D eigenvalue weighted by Gasteiger charge is -2.38. The molecule has 1 saturated heterocycles. The molecule has 2 rings (SSSR count). The maximum absolute atomic E-state index is 13.0. The lowest BCUT2D eigenvalue weighted by atomic mass is 9.87. The summed E-state index contributed by atoms with van der Waals surface area (Å²) in [5.41, 5.74) is -3.13. The van der Waals surface area contributed by atoms with E-state index >= 15 is 0 Å². The van der Waals surface area contributed by atoms with Crippen molar-refractivity contribution in [1.29, 1.82) is 0 Å². The van der Waals surface area contributed by atoms with Crippen LogP contribution in [0.5, 0.6) is 0 Å². The molecule has 1 aliphatic heterocycles. The van der Waals surface area contributed by atoms with E-state index < -0.39 is 29.6 Å². The maximum atomic E-state index is 13.0. The molecular formula is C18H23F6NO. The Morgan fingerprint density at radius 2 is 1.65 bits per heavy atom. The second-order valence-corrected chi connectivity index (χ2v) is 7.38. The van der Waals surface area contributed by atoms with E-state index in [-0.39, 0.29) is 23.8 Å². The van der Waals surface area contributed by atoms with Gasteiger partial charge in [-0.1, -0.05) is 6.92 Å². The van der Waals surface area contributed by atoms with E-state index in [1.165, 1.54) is 6.92 Å². The smallest absolute Gasteiger partial charge is 0.372 e. The molecule has 1 heterocycles. The Morgan fingerprint density at radius 1 is 1.12 bits per heavy atom. The molecule has 8 heteroatoms. The average Bonchev–Trinajstić information content (AvgIpc) is 2.54. The maximum Gasteiger partial charge on any atom is 0.416 e. The molecule has 3 atom stereocenters. The van der Waals surface area contributed by atoms with Crippen molar-refractivity contribution < 1.29 is 31.1 Å². The molecule has 1 aromatic carbocycles. The van der Waals surface area contributed by atoms with Crippen LogP contribution in [0.4, 0.5) is 26.3 Å². The second kappa shape index (κ2) is 7.38. The molecule has 1 fully saturated rings. The van der Waals surface area contributed by atoms with Gasteiger partial charge in [0.25, 0.3) is 0 Å². The van der Waals surface area contributed by atoms with Crippen molar-refractivity contribution in [2.75, 3.05) is 13.2 Å². The largest absolute Gasteiger partial charge is 0.416 e. The number of alkyl halides is 6. The summed E-state index contributed by atoms with van der Waals surface area (Å²) in [4.78, 5) is 0. The molecular weight excluding hydrogens is 360 g/mol. The van der Waals surface area contributed by atoms with E-state index in [9.17, 15) is 26.3 Å². The van der Waals surface area contributed by atoms with Crippen LogP contribution in [0.25, 0.3) is 0 Å². The summed E-state index contributed by atoms with van der Waals surface area (Å²) in [6.45, 7) is 6.52. The Kier molecular flexibility index (Phi) is 5.97. The van der Waals surface area contributed by atoms with Crippen LogP contribution in [0.2, 0.25) is 0 Å². The fourth-order valence-corrected chi connectivity index (χ4v) is 2.92. The summed E-state index contributed by atoms with van der Waals surface area (Å²) in [6, 6.07) is 1.57. The van der Waals surface area contributed by atoms with Crippen molar-refractivity contribution in [2.24, 2.45) is 5.92 Å². The van der Waals surface area contributed by atoms with Crippen LogP contribution in [-0.2, 0) is 17.1 Å². The van der Waals surface area contributed by atoms with Gasteiger partial charge in [0.1, 0.15) is 0 Å². The Labute approximate surface area is 148 Å². The first kappa shape index (κ1) is 21.0. The van der Waals surface area contributed by atoms with Crippen molar-refractivity contribution in [3.05, 3.63) is 34.9 Å². The van der Waals surface area contributed by atoms with Crippen molar-refractivity contribution >= 4 is 0 Å². The van der Waals surface area contributed by atoms with Crippen LogP contribution < -0.4 is 5.32 Å². The van der Waals surface area contributed by atoms with E-state index in [1.54, 1.807) is 0 Å². The van der Waals surface area contributed by atoms with Crippen molar-refractivity contribution in [3.63, 3.8) is 0 Å². The van der Waals surface area contributed by atoms with Gasteiger partial charge in [0.2, 0.25) is 0 Å². The van der Waals surface area contributed by atoms with E-state index in [1.807, 2.05) is 6.92 Å². The first-order valence-electron chi connectivity index (χ1n) is 8.46. The molecule has 0 aromatic heterocycles. The number of piperidine rings is 1. The molecule has 1 N–H and O–H groups in total. The normalized spacial score (nSPS) is 26.0. The highest BCUT2D eigenvalue weighted by molar-refractivity contribution is 5.34. The Morgan fingerprint density at radius 3 is 2.08 bits per heavy atom. The first-order chi connectivity index (χ1) is 11.8. The number of halogens is 6. The molecule has 0 spiro atoms. The second-order valence-electron chi connectivity index (χ2n) is 7.38. The van der Waals surface area contributed by atoms with Crippen LogP contribution in [-0.4, -0.2) is 18.7 Å². The highest BCUT2D eigenvalue weighted by atomic mass is 19.4. The van der Waals surface area contributed by atoms with Gasteiger partial charge >= 0.3 is 12.4 Å². The van der Waals surface area contributed by atoms with Crippen LogP contribution >= 0.6 is 0 Å². The molecule has 148 valence electrons. The molecule has 0 bridgehead atoms. The molecule has 3 unspecified atom stereocenters. The van der Waals surface area contributed by atoms with Gasteiger partial charge in [0, 0.05) is 5.54 Å². The third-order valence-electron chi connectivity index (χ3n) is 4.80. The van der Waals surface area contributed by atoms with E-state index in [4.69, 9.17) is 4.74 Å². The van der Waals surface area contributed by atoms with Crippen LogP contribution in [0.3, 0.4) is 0 Å². The van der Waals surface area contributed by atoms with Gasteiger partial charge in [-0.05, 0) is 62.9 Å². The summed E-state index contributed by atoms with van der Waals surface area (Å²) in [7, 11) is 0. The lowest BCUT2D eigenvalue weighted by molar-refractivity contribution is -0.143. The number of benzene rings is 1. The zero-order valence-corrected chi connectivity index (χ0v) is 14.9. The van der Waals surface area contributed by atoms with Gasteiger partial charge < -0.3 is 10.1 Å². The standard InChI is InChI=1S/C18H23F6NO/c1-11-4-5-16(3,25-9-11)10-26-12(2)13-6-14(17(19,20)21)8-15(7-13)18(22,23)24/h6-8,11-12,25H,4-5,9-10H2,1-3H3. The zero-order chi connectivity index (χ0) is 19.8. The fraction of sp³-hybridized carbons (Fsp3) is 0.667. The predicted molar refractivity (Wildman–Crippen MR) is 85.6 cm³/mol. The summed E-state index contributed by atoms with van der Waals surface area (Å²) >= 11 is 0. The minimum absolute atomic E-state index is 0.127. The summed E-state index contributed by atoms with van der Waals surface area (Å²) in [5, 5.41) is 3.34. The molecule has 0 radical (unpaired) electrons. The van der Waals surface area contributed by atoms with Gasteiger partial charge in [-0.25, -0.2) is 0 Å². The third kappa shape index (κ3) is 5.36. The highest BCUT2D eigenvalue weighted by Gasteiger charge is 2.37. The summed E-state index contributed by atoms with van der Waals surface area (Å²) < 4.78 is 83.4. The first-order valence-corrected chi connectivity index (χ1v) is 8.46. The van der Waals surface area contributed by atoms with Crippen molar-refractivity contribution in [1.82, 2.24) is 5.32 Å². The minimum atomic E-state index is -4.86. The monoisotopic (exact) mass is 383 g/mol. The van der Waals surface area contributed by atoms with E-state index in [0.29, 0.717) is 5.92 Å². The molecule has 1 aliphatic rings. The average molecular weight is 383 g/mol. The Bertz CT molecular complexity index is 585. The molecule has 0 amide bonds. The van der Waals surface area contributed by atoms with Crippen LogP contribution in [0, 0.1) is 5.92 Å². The Hall–Kier alpha value is -1.28. The SMILES string of the molecule is CC1CCC(C)(COC(C)c2cc(C(F)(F)F)cc(C(F)(F)F)c2)NC1. The number of ether oxygens (including phenoxy) is 1. The number of rotatable bonds is 4. The van der Waals surface area contributed by atoms with E-state index in [2.05, 4.69) is 12.2 Å². The summed E-state index contributed by atoms with van der Waals surface area (Å²) in [6.07, 6.45) is -8.79. The molecule has 26 heavy (non-hydrogen) atoms.